The van der Waals surface area contributed by atoms with Gasteiger partial charge in [0.15, 0.2) is 0 Å². The highest BCUT2D eigenvalue weighted by Crippen LogP contribution is 2.44. The summed E-state index contributed by atoms with van der Waals surface area (Å²) in [6.07, 6.45) is 6.90. The summed E-state index contributed by atoms with van der Waals surface area (Å²) in [5, 5.41) is 3.89. The molecular weight excluding hydrogens is 234 g/mol. The van der Waals surface area contributed by atoms with Gasteiger partial charge in [0.05, 0.1) is 7.11 Å². The van der Waals surface area contributed by atoms with Crippen molar-refractivity contribution in [2.24, 2.45) is 11.8 Å². The maximum absolute atomic E-state index is 5.20. The SMILES string of the molecule is COc1ccc(CC(C)NC(C2CC2)C2CC2)cc1. The molecule has 1 aromatic rings. The Bertz CT molecular complexity index is 394. The average molecular weight is 259 g/mol. The van der Waals surface area contributed by atoms with Crippen LogP contribution < -0.4 is 10.1 Å². The van der Waals surface area contributed by atoms with Gasteiger partial charge in [-0.05, 0) is 68.6 Å². The van der Waals surface area contributed by atoms with Gasteiger partial charge in [-0.25, -0.2) is 0 Å². The third-order valence-electron chi connectivity index (χ3n) is 4.44. The molecule has 0 aliphatic heterocycles. The van der Waals surface area contributed by atoms with E-state index in [-0.39, 0.29) is 0 Å². The number of nitrogens with one attached hydrogen (secondary N) is 1. The Morgan fingerprint density at radius 3 is 2.16 bits per heavy atom. The fraction of sp³-hybridized carbons (Fsp3) is 0.647. The Kier molecular flexibility index (Phi) is 3.79. The summed E-state index contributed by atoms with van der Waals surface area (Å²) >= 11 is 0. The van der Waals surface area contributed by atoms with Crippen LogP contribution in [0.3, 0.4) is 0 Å². The summed E-state index contributed by atoms with van der Waals surface area (Å²) in [4.78, 5) is 0. The molecular formula is C17H25NO. The Hall–Kier alpha value is -1.02. The molecule has 0 aromatic heterocycles. The molecule has 0 bridgehead atoms. The molecule has 2 aliphatic carbocycles. The second kappa shape index (κ2) is 5.54. The molecule has 0 radical (unpaired) electrons. The fourth-order valence-corrected chi connectivity index (χ4v) is 3.07. The predicted octanol–water partition coefficient (Wildman–Crippen LogP) is 3.40. The zero-order valence-electron chi connectivity index (χ0n) is 12.1. The summed E-state index contributed by atoms with van der Waals surface area (Å²) in [6, 6.07) is 9.84. The average Bonchev–Trinajstić information content (AvgIpc) is 3.30. The van der Waals surface area contributed by atoms with E-state index in [0.717, 1.165) is 30.0 Å². The minimum atomic E-state index is 0.569. The van der Waals surface area contributed by atoms with Crippen molar-refractivity contribution < 1.29 is 4.74 Å². The van der Waals surface area contributed by atoms with Crippen molar-refractivity contribution in [1.29, 1.82) is 0 Å². The molecule has 1 aromatic carbocycles. The monoisotopic (exact) mass is 259 g/mol. The van der Waals surface area contributed by atoms with Gasteiger partial charge in [-0.1, -0.05) is 12.1 Å². The van der Waals surface area contributed by atoms with Gasteiger partial charge in [-0.15, -0.1) is 0 Å². The van der Waals surface area contributed by atoms with E-state index in [4.69, 9.17) is 4.74 Å². The Morgan fingerprint density at radius 2 is 1.68 bits per heavy atom. The van der Waals surface area contributed by atoms with Crippen molar-refractivity contribution in [2.75, 3.05) is 7.11 Å². The molecule has 2 heteroatoms. The van der Waals surface area contributed by atoms with Gasteiger partial charge in [-0.3, -0.25) is 0 Å². The smallest absolute Gasteiger partial charge is 0.118 e. The second-order valence-corrected chi connectivity index (χ2v) is 6.32. The molecule has 0 heterocycles. The van der Waals surface area contributed by atoms with Crippen LogP contribution in [0.4, 0.5) is 0 Å². The molecule has 1 N–H and O–H groups in total. The lowest BCUT2D eigenvalue weighted by Crippen LogP contribution is -2.40. The zero-order chi connectivity index (χ0) is 13.2. The number of methoxy groups -OCH3 is 1. The van der Waals surface area contributed by atoms with Gasteiger partial charge in [0, 0.05) is 12.1 Å². The van der Waals surface area contributed by atoms with E-state index in [1.165, 1.54) is 31.2 Å². The first kappa shape index (κ1) is 13.0. The first-order valence-electron chi connectivity index (χ1n) is 7.65. The largest absolute Gasteiger partial charge is 0.497 e. The van der Waals surface area contributed by atoms with E-state index < -0.39 is 0 Å². The van der Waals surface area contributed by atoms with E-state index in [0.29, 0.717) is 6.04 Å². The molecule has 2 fully saturated rings. The van der Waals surface area contributed by atoms with Crippen molar-refractivity contribution in [3.05, 3.63) is 29.8 Å². The highest BCUT2D eigenvalue weighted by atomic mass is 16.5. The van der Waals surface area contributed by atoms with Crippen LogP contribution in [-0.2, 0) is 6.42 Å². The normalized spacial score (nSPS) is 20.6. The Labute approximate surface area is 116 Å². The molecule has 2 aliphatic rings. The van der Waals surface area contributed by atoms with Crippen LogP contribution >= 0.6 is 0 Å². The van der Waals surface area contributed by atoms with Crippen LogP contribution in [0.1, 0.15) is 38.2 Å². The van der Waals surface area contributed by atoms with Gasteiger partial charge in [0.2, 0.25) is 0 Å². The van der Waals surface area contributed by atoms with Gasteiger partial charge < -0.3 is 10.1 Å². The molecule has 19 heavy (non-hydrogen) atoms. The molecule has 0 amide bonds. The zero-order valence-corrected chi connectivity index (χ0v) is 12.1. The van der Waals surface area contributed by atoms with E-state index in [1.807, 2.05) is 0 Å². The number of ether oxygens (including phenoxy) is 1. The number of benzene rings is 1. The van der Waals surface area contributed by atoms with Crippen molar-refractivity contribution in [2.45, 2.75) is 51.1 Å². The number of hydrogen-bond acceptors (Lipinski definition) is 2. The predicted molar refractivity (Wildman–Crippen MR) is 78.5 cm³/mol. The van der Waals surface area contributed by atoms with Crippen LogP contribution in [0.15, 0.2) is 24.3 Å². The summed E-state index contributed by atoms with van der Waals surface area (Å²) in [7, 11) is 1.72. The van der Waals surface area contributed by atoms with E-state index in [1.54, 1.807) is 7.11 Å². The summed E-state index contributed by atoms with van der Waals surface area (Å²) in [5.41, 5.74) is 1.39. The van der Waals surface area contributed by atoms with Crippen LogP contribution in [0, 0.1) is 11.8 Å². The van der Waals surface area contributed by atoms with Crippen molar-refractivity contribution in [3.8, 4) is 5.75 Å². The standard InChI is InChI=1S/C17H25NO/c1-12(11-13-3-9-16(19-2)10-4-13)18-17(14-5-6-14)15-7-8-15/h3-4,9-10,12,14-15,17-18H,5-8,11H2,1-2H3. The first-order chi connectivity index (χ1) is 9.26. The van der Waals surface area contributed by atoms with Crippen molar-refractivity contribution in [1.82, 2.24) is 5.32 Å². The van der Waals surface area contributed by atoms with Gasteiger partial charge >= 0.3 is 0 Å². The number of hydrogen-bond donors (Lipinski definition) is 1. The van der Waals surface area contributed by atoms with Gasteiger partial charge in [0.25, 0.3) is 0 Å². The Balaban J connectivity index is 1.53. The maximum Gasteiger partial charge on any atom is 0.118 e. The van der Waals surface area contributed by atoms with Crippen LogP contribution in [0.5, 0.6) is 5.75 Å². The van der Waals surface area contributed by atoms with Crippen LogP contribution in [-0.4, -0.2) is 19.2 Å². The number of rotatable bonds is 7. The molecule has 104 valence electrons. The maximum atomic E-state index is 5.20. The van der Waals surface area contributed by atoms with Gasteiger partial charge in [0.1, 0.15) is 5.75 Å². The molecule has 0 spiro atoms. The van der Waals surface area contributed by atoms with E-state index in [2.05, 4.69) is 36.5 Å². The first-order valence-corrected chi connectivity index (χ1v) is 7.65. The minimum Gasteiger partial charge on any atom is -0.497 e. The highest BCUT2D eigenvalue weighted by molar-refractivity contribution is 5.27. The lowest BCUT2D eigenvalue weighted by Gasteiger charge is -2.23. The van der Waals surface area contributed by atoms with Crippen molar-refractivity contribution in [3.63, 3.8) is 0 Å². The third kappa shape index (κ3) is 3.50. The van der Waals surface area contributed by atoms with Crippen molar-refractivity contribution >= 4 is 0 Å². The lowest BCUT2D eigenvalue weighted by atomic mass is 10.0. The van der Waals surface area contributed by atoms with E-state index >= 15 is 0 Å². The molecule has 3 rings (SSSR count). The lowest BCUT2D eigenvalue weighted by molar-refractivity contribution is 0.371. The fourth-order valence-electron chi connectivity index (χ4n) is 3.07. The van der Waals surface area contributed by atoms with Crippen LogP contribution in [0.2, 0.25) is 0 Å². The van der Waals surface area contributed by atoms with E-state index in [9.17, 15) is 0 Å². The van der Waals surface area contributed by atoms with Gasteiger partial charge in [-0.2, -0.15) is 0 Å². The quantitative estimate of drug-likeness (QED) is 0.810. The minimum absolute atomic E-state index is 0.569. The topological polar surface area (TPSA) is 21.3 Å². The Morgan fingerprint density at radius 1 is 1.11 bits per heavy atom. The third-order valence-corrected chi connectivity index (χ3v) is 4.44. The molecule has 2 nitrogen and oxygen atoms in total. The molecule has 1 atom stereocenters. The molecule has 2 saturated carbocycles. The highest BCUT2D eigenvalue weighted by Gasteiger charge is 2.41. The van der Waals surface area contributed by atoms with Crippen LogP contribution in [0.25, 0.3) is 0 Å². The summed E-state index contributed by atoms with van der Waals surface area (Å²) in [5.74, 6) is 2.90. The molecule has 0 saturated heterocycles. The second-order valence-electron chi connectivity index (χ2n) is 6.32. The summed E-state index contributed by atoms with van der Waals surface area (Å²) < 4.78 is 5.20. The molecule has 1 unspecified atom stereocenters. The summed E-state index contributed by atoms with van der Waals surface area (Å²) in [6.45, 7) is 2.32.